The molecule has 0 amide bonds. The molecule has 8 heteroatoms. The van der Waals surface area contributed by atoms with Gasteiger partial charge in [-0.25, -0.2) is 0 Å². The van der Waals surface area contributed by atoms with Gasteiger partial charge in [0.1, 0.15) is 11.5 Å². The van der Waals surface area contributed by atoms with Crippen molar-refractivity contribution in [3.05, 3.63) is 45.5 Å². The van der Waals surface area contributed by atoms with Gasteiger partial charge < -0.3 is 30.6 Å². The SMILES string of the molecule is CCCc1c(O)c(O)c(C=O)c2c(O)c(-c3c(C)cc4c(CCC)c(O)c(O)c(C=O)c4c3O)c(C)cc12. The first-order chi connectivity index (χ1) is 18.0. The second-order valence-corrected chi connectivity index (χ2v) is 9.59. The molecule has 198 valence electrons. The van der Waals surface area contributed by atoms with Gasteiger partial charge in [0.05, 0.1) is 11.1 Å². The molecule has 8 nitrogen and oxygen atoms in total. The van der Waals surface area contributed by atoms with Gasteiger partial charge in [-0.15, -0.1) is 0 Å². The Morgan fingerprint density at radius 2 is 0.921 bits per heavy atom. The molecular formula is C30H30O8. The molecule has 0 aromatic heterocycles. The minimum absolute atomic E-state index is 0.0223. The predicted octanol–water partition coefficient (Wildman–Crippen LogP) is 6.04. The smallest absolute Gasteiger partial charge is 0.169 e. The van der Waals surface area contributed by atoms with E-state index >= 15 is 0 Å². The molecule has 38 heavy (non-hydrogen) atoms. The van der Waals surface area contributed by atoms with Crippen molar-refractivity contribution in [2.75, 3.05) is 0 Å². The molecular weight excluding hydrogens is 488 g/mol. The van der Waals surface area contributed by atoms with Crippen LogP contribution in [0.25, 0.3) is 32.7 Å². The van der Waals surface area contributed by atoms with Crippen LogP contribution in [0.4, 0.5) is 0 Å². The zero-order valence-electron chi connectivity index (χ0n) is 21.6. The summed E-state index contributed by atoms with van der Waals surface area (Å²) in [5, 5.41) is 66.3. The van der Waals surface area contributed by atoms with E-state index in [2.05, 4.69) is 0 Å². The van der Waals surface area contributed by atoms with Crippen LogP contribution < -0.4 is 0 Å². The summed E-state index contributed by atoms with van der Waals surface area (Å²) in [6.07, 6.45) is 2.69. The third kappa shape index (κ3) is 3.67. The molecule has 0 atom stereocenters. The Kier molecular flexibility index (Phi) is 6.84. The minimum Gasteiger partial charge on any atom is -0.507 e. The quantitative estimate of drug-likeness (QED) is 0.128. The van der Waals surface area contributed by atoms with E-state index < -0.39 is 34.5 Å². The lowest BCUT2D eigenvalue weighted by molar-refractivity contribution is 0.111. The van der Waals surface area contributed by atoms with Crippen molar-refractivity contribution in [2.24, 2.45) is 0 Å². The highest BCUT2D eigenvalue weighted by molar-refractivity contribution is 6.14. The number of carbonyl (C=O) groups is 2. The number of fused-ring (bicyclic) bond motifs is 2. The number of carbonyl (C=O) groups excluding carboxylic acids is 2. The monoisotopic (exact) mass is 518 g/mol. The second kappa shape index (κ2) is 9.78. The Morgan fingerprint density at radius 1 is 0.579 bits per heavy atom. The van der Waals surface area contributed by atoms with E-state index in [1.165, 1.54) is 0 Å². The molecule has 4 aromatic rings. The van der Waals surface area contributed by atoms with Gasteiger partial charge in [0.15, 0.2) is 35.6 Å². The van der Waals surface area contributed by atoms with Crippen molar-refractivity contribution >= 4 is 34.1 Å². The van der Waals surface area contributed by atoms with Gasteiger partial charge in [0.25, 0.3) is 0 Å². The van der Waals surface area contributed by atoms with Crippen molar-refractivity contribution in [3.8, 4) is 45.6 Å². The lowest BCUT2D eigenvalue weighted by Gasteiger charge is -2.22. The van der Waals surface area contributed by atoms with Crippen LogP contribution in [0, 0.1) is 13.8 Å². The van der Waals surface area contributed by atoms with Crippen LogP contribution in [-0.2, 0) is 12.8 Å². The third-order valence-electron chi connectivity index (χ3n) is 7.20. The lowest BCUT2D eigenvalue weighted by atomic mass is 9.84. The number of phenols is 6. The van der Waals surface area contributed by atoms with Crippen LogP contribution in [0.1, 0.15) is 69.7 Å². The molecule has 0 aliphatic rings. The highest BCUT2D eigenvalue weighted by Crippen LogP contribution is 2.53. The Morgan fingerprint density at radius 3 is 1.21 bits per heavy atom. The van der Waals surface area contributed by atoms with Crippen LogP contribution in [0.3, 0.4) is 0 Å². The molecule has 0 aliphatic carbocycles. The zero-order chi connectivity index (χ0) is 28.0. The predicted molar refractivity (Wildman–Crippen MR) is 145 cm³/mol. The van der Waals surface area contributed by atoms with E-state index in [9.17, 15) is 40.2 Å². The van der Waals surface area contributed by atoms with Crippen molar-refractivity contribution in [2.45, 2.75) is 53.4 Å². The summed E-state index contributed by atoms with van der Waals surface area (Å²) in [6.45, 7) is 7.15. The summed E-state index contributed by atoms with van der Waals surface area (Å²) < 4.78 is 0. The molecule has 4 aromatic carbocycles. The maximum Gasteiger partial charge on any atom is 0.169 e. The number of rotatable bonds is 7. The van der Waals surface area contributed by atoms with Crippen molar-refractivity contribution in [3.63, 3.8) is 0 Å². The Labute approximate surface area is 219 Å². The fourth-order valence-corrected chi connectivity index (χ4v) is 5.52. The van der Waals surface area contributed by atoms with Gasteiger partial charge in [-0.1, -0.05) is 38.8 Å². The number of aromatic hydroxyl groups is 6. The molecule has 0 aliphatic heterocycles. The van der Waals surface area contributed by atoms with E-state index in [4.69, 9.17) is 0 Å². The molecule has 0 fully saturated rings. The van der Waals surface area contributed by atoms with Crippen molar-refractivity contribution in [1.82, 2.24) is 0 Å². The summed E-state index contributed by atoms with van der Waals surface area (Å²) >= 11 is 0. The number of aldehydes is 2. The van der Waals surface area contributed by atoms with E-state index in [1.54, 1.807) is 26.0 Å². The third-order valence-corrected chi connectivity index (χ3v) is 7.20. The molecule has 0 unspecified atom stereocenters. The van der Waals surface area contributed by atoms with E-state index in [0.29, 0.717) is 71.3 Å². The minimum atomic E-state index is -0.645. The first-order valence-electron chi connectivity index (χ1n) is 12.4. The first kappa shape index (κ1) is 26.6. The van der Waals surface area contributed by atoms with Gasteiger partial charge in [-0.3, -0.25) is 9.59 Å². The van der Waals surface area contributed by atoms with Gasteiger partial charge >= 0.3 is 0 Å². The van der Waals surface area contributed by atoms with Gasteiger partial charge in [-0.05, 0) is 48.6 Å². The van der Waals surface area contributed by atoms with E-state index in [-0.39, 0.29) is 33.0 Å². The molecule has 0 saturated carbocycles. The number of hydrogen-bond donors (Lipinski definition) is 6. The highest BCUT2D eigenvalue weighted by Gasteiger charge is 2.28. The van der Waals surface area contributed by atoms with E-state index in [0.717, 1.165) is 0 Å². The molecule has 6 N–H and O–H groups in total. The average molecular weight is 519 g/mol. The molecule has 4 rings (SSSR count). The van der Waals surface area contributed by atoms with Crippen LogP contribution >= 0.6 is 0 Å². The summed E-state index contributed by atoms with van der Waals surface area (Å²) in [5.74, 6) is -2.92. The van der Waals surface area contributed by atoms with Crippen molar-refractivity contribution < 1.29 is 40.2 Å². The summed E-state index contributed by atoms with van der Waals surface area (Å²) in [5.41, 5.74) is 1.47. The maximum absolute atomic E-state index is 12.0. The van der Waals surface area contributed by atoms with Crippen LogP contribution in [0.5, 0.6) is 34.5 Å². The van der Waals surface area contributed by atoms with Gasteiger partial charge in [0.2, 0.25) is 0 Å². The maximum atomic E-state index is 12.0. The van der Waals surface area contributed by atoms with Gasteiger partial charge in [-0.2, -0.15) is 0 Å². The molecule has 0 saturated heterocycles. The normalized spacial score (nSPS) is 11.4. The topological polar surface area (TPSA) is 156 Å². The number of aryl methyl sites for hydroxylation is 4. The average Bonchev–Trinajstić information content (AvgIpc) is 2.88. The van der Waals surface area contributed by atoms with E-state index in [1.807, 2.05) is 13.8 Å². The molecule has 0 radical (unpaired) electrons. The standard InChI is InChI=1S/C30H30O8/c1-5-7-15-17-9-13(3)21(29(37)23(17)19(11-31)27(35)25(15)33)22-14(4)10-18-16(8-6-2)26(34)28(36)20(12-32)24(18)30(22)38/h9-12,33-38H,5-8H2,1-4H3. The Bertz CT molecular complexity index is 1530. The fraction of sp³-hybridized carbons (Fsp3) is 0.267. The Balaban J connectivity index is 2.23. The van der Waals surface area contributed by atoms with Crippen LogP contribution in [-0.4, -0.2) is 43.2 Å². The summed E-state index contributed by atoms with van der Waals surface area (Å²) in [4.78, 5) is 24.0. The van der Waals surface area contributed by atoms with Crippen LogP contribution in [0.2, 0.25) is 0 Å². The summed E-state index contributed by atoms with van der Waals surface area (Å²) in [7, 11) is 0. The number of hydrogen-bond acceptors (Lipinski definition) is 8. The zero-order valence-corrected chi connectivity index (χ0v) is 21.6. The number of phenolic OH excluding ortho intramolecular Hbond substituents is 6. The fourth-order valence-electron chi connectivity index (χ4n) is 5.52. The highest BCUT2D eigenvalue weighted by atomic mass is 16.3. The van der Waals surface area contributed by atoms with Crippen LogP contribution in [0.15, 0.2) is 12.1 Å². The lowest BCUT2D eigenvalue weighted by Crippen LogP contribution is -2.00. The number of benzene rings is 4. The Hall–Kier alpha value is -4.46. The van der Waals surface area contributed by atoms with Crippen molar-refractivity contribution in [1.29, 1.82) is 0 Å². The molecule has 0 heterocycles. The van der Waals surface area contributed by atoms with Gasteiger partial charge in [0, 0.05) is 33.0 Å². The molecule has 0 bridgehead atoms. The molecule has 0 spiro atoms. The summed E-state index contributed by atoms with van der Waals surface area (Å²) in [6, 6.07) is 3.34. The first-order valence-corrected chi connectivity index (χ1v) is 12.4. The second-order valence-electron chi connectivity index (χ2n) is 9.59. The largest absolute Gasteiger partial charge is 0.507 e.